The maximum absolute atomic E-state index is 13.6. The van der Waals surface area contributed by atoms with Gasteiger partial charge >= 0.3 is 5.97 Å². The highest BCUT2D eigenvalue weighted by Gasteiger charge is 2.70. The van der Waals surface area contributed by atoms with E-state index in [2.05, 4.69) is 43.6 Å². The maximum atomic E-state index is 13.6. The molecule has 0 heterocycles. The molecule has 4 fully saturated rings. The van der Waals surface area contributed by atoms with Crippen LogP contribution in [0.25, 0.3) is 0 Å². The molecule has 5 nitrogen and oxygen atoms in total. The Hall–Kier alpha value is -1.41. The summed E-state index contributed by atoms with van der Waals surface area (Å²) in [5.74, 6) is -0.440. The van der Waals surface area contributed by atoms with Crippen LogP contribution in [-0.4, -0.2) is 43.9 Å². The van der Waals surface area contributed by atoms with Crippen LogP contribution in [0.2, 0.25) is 0 Å². The van der Waals surface area contributed by atoms with Gasteiger partial charge in [0.1, 0.15) is 0 Å². The Labute approximate surface area is 270 Å². The molecular formula is C36H49BrO5S. The van der Waals surface area contributed by atoms with E-state index in [-0.39, 0.29) is 50.5 Å². The first-order valence-electron chi connectivity index (χ1n) is 16.1. The first-order valence-corrected chi connectivity index (χ1v) is 17.7. The van der Waals surface area contributed by atoms with Crippen LogP contribution in [0.1, 0.15) is 103 Å². The fraction of sp³-hybridized carbons (Fsp3) is 0.667. The van der Waals surface area contributed by atoms with E-state index in [9.17, 15) is 24.9 Å². The molecular weight excluding hydrogens is 624 g/mol. The van der Waals surface area contributed by atoms with E-state index in [1.54, 1.807) is 0 Å². The molecule has 43 heavy (non-hydrogen) atoms. The maximum Gasteiger partial charge on any atom is 0.331 e. The minimum absolute atomic E-state index is 0.0337. The average Bonchev–Trinajstić information content (AvgIpc) is 3.23. The lowest BCUT2D eigenvalue weighted by atomic mass is 9.36. The van der Waals surface area contributed by atoms with Crippen molar-refractivity contribution in [3.8, 4) is 0 Å². The van der Waals surface area contributed by atoms with Gasteiger partial charge in [0.15, 0.2) is 0 Å². The van der Waals surface area contributed by atoms with Crippen LogP contribution in [0.3, 0.4) is 0 Å². The number of halogens is 1. The molecule has 7 heteroatoms. The minimum atomic E-state index is -0.918. The topological polar surface area (TPSA) is 94.8 Å². The smallest absolute Gasteiger partial charge is 0.331 e. The standard InChI is InChI=1S/C36H49BrO5S/c1-20(2)26(37)13-12-23(32(40)41)30-25-18-28(39)31-34(4)16-15-27(38)21(3)24(34)14-17-35(31,5)36(25,6)19-29(30)43-33(42)22-10-8-7-9-11-22/h7-11,21,24-25,27-29,31,38-39H,12-19H2,1-6H3,(H,40,41)/b30-23-/t21-,24?,25?,27+,28+,29-,31-,34-,35-,36-/m0/s1. The molecule has 1 aromatic carbocycles. The number of thioether (sulfide) groups is 1. The Kier molecular flexibility index (Phi) is 9.26. The van der Waals surface area contributed by atoms with Crippen molar-refractivity contribution < 1.29 is 24.9 Å². The van der Waals surface area contributed by atoms with Gasteiger partial charge in [-0.3, -0.25) is 4.79 Å². The third-order valence-electron chi connectivity index (χ3n) is 12.7. The predicted molar refractivity (Wildman–Crippen MR) is 177 cm³/mol. The summed E-state index contributed by atoms with van der Waals surface area (Å²) in [7, 11) is 0. The van der Waals surface area contributed by atoms with E-state index < -0.39 is 12.1 Å². The quantitative estimate of drug-likeness (QED) is 0.263. The number of aliphatic carboxylic acids is 1. The molecule has 2 unspecified atom stereocenters. The van der Waals surface area contributed by atoms with Crippen LogP contribution in [-0.2, 0) is 4.79 Å². The van der Waals surface area contributed by atoms with Crippen molar-refractivity contribution in [1.29, 1.82) is 0 Å². The largest absolute Gasteiger partial charge is 0.478 e. The fourth-order valence-electron chi connectivity index (χ4n) is 10.3. The molecule has 236 valence electrons. The molecule has 0 aromatic heterocycles. The summed E-state index contributed by atoms with van der Waals surface area (Å²) in [6.45, 7) is 13.3. The van der Waals surface area contributed by atoms with E-state index >= 15 is 0 Å². The van der Waals surface area contributed by atoms with Crippen molar-refractivity contribution in [2.24, 2.45) is 39.9 Å². The molecule has 0 amide bonds. The van der Waals surface area contributed by atoms with Gasteiger partial charge in [-0.15, -0.1) is 0 Å². The van der Waals surface area contributed by atoms with Crippen molar-refractivity contribution >= 4 is 38.8 Å². The fourth-order valence-corrected chi connectivity index (χ4v) is 11.9. The zero-order valence-corrected chi connectivity index (χ0v) is 28.9. The molecule has 4 aliphatic rings. The van der Waals surface area contributed by atoms with Gasteiger partial charge in [-0.05, 0) is 115 Å². The number of allylic oxidation sites excluding steroid dienone is 2. The first kappa shape index (κ1) is 33.0. The van der Waals surface area contributed by atoms with Gasteiger partial charge < -0.3 is 15.3 Å². The van der Waals surface area contributed by atoms with Crippen LogP contribution in [0, 0.1) is 39.9 Å². The molecule has 0 radical (unpaired) electrons. The van der Waals surface area contributed by atoms with Crippen LogP contribution >= 0.6 is 27.7 Å². The Morgan fingerprint density at radius 3 is 2.28 bits per heavy atom. The zero-order valence-electron chi connectivity index (χ0n) is 26.5. The Bertz CT molecular complexity index is 1320. The SMILES string of the molecule is CC(C)=C(Br)CC/C(C(=O)O)=C1\C2C[C@@H](O)[C@H]3[C@@]4(C)CC[C@@H](O)[C@@H](C)C4CC[C@]3(C)[C@@]2(C)C[C@@H]1SC(=O)c1ccccc1. The minimum Gasteiger partial charge on any atom is -0.478 e. The van der Waals surface area contributed by atoms with Crippen molar-refractivity contribution in [1.82, 2.24) is 0 Å². The highest BCUT2D eigenvalue weighted by Crippen LogP contribution is 2.75. The summed E-state index contributed by atoms with van der Waals surface area (Å²) in [6, 6.07) is 9.28. The number of aliphatic hydroxyl groups is 2. The molecule has 3 N–H and O–H groups in total. The van der Waals surface area contributed by atoms with Gasteiger partial charge in [-0.2, -0.15) is 0 Å². The van der Waals surface area contributed by atoms with Gasteiger partial charge in [0.05, 0.1) is 12.2 Å². The van der Waals surface area contributed by atoms with Gasteiger partial charge in [0, 0.05) is 16.4 Å². The summed E-state index contributed by atoms with van der Waals surface area (Å²) >= 11 is 4.93. The molecule has 10 atom stereocenters. The number of aliphatic hydroxyl groups excluding tert-OH is 2. The lowest BCUT2D eigenvalue weighted by molar-refractivity contribution is -0.233. The summed E-state index contributed by atoms with van der Waals surface area (Å²) in [5.41, 5.74) is 2.42. The number of carbonyl (C=O) groups is 2. The Morgan fingerprint density at radius 2 is 1.65 bits per heavy atom. The number of carboxylic acids is 1. The monoisotopic (exact) mass is 672 g/mol. The molecule has 5 rings (SSSR count). The van der Waals surface area contributed by atoms with E-state index in [1.165, 1.54) is 11.8 Å². The second kappa shape index (κ2) is 12.1. The van der Waals surface area contributed by atoms with E-state index in [1.807, 2.05) is 44.2 Å². The highest BCUT2D eigenvalue weighted by molar-refractivity contribution is 9.11. The molecule has 0 saturated heterocycles. The lowest BCUT2D eigenvalue weighted by Crippen LogP contribution is -2.65. The number of fused-ring (bicyclic) bond motifs is 5. The summed E-state index contributed by atoms with van der Waals surface area (Å²) in [6.07, 6.45) is 4.92. The average molecular weight is 674 g/mol. The molecule has 0 aliphatic heterocycles. The second-order valence-corrected chi connectivity index (χ2v) is 17.0. The zero-order chi connectivity index (χ0) is 31.5. The summed E-state index contributed by atoms with van der Waals surface area (Å²) in [5, 5.41) is 33.3. The van der Waals surface area contributed by atoms with E-state index in [0.717, 1.165) is 47.7 Å². The lowest BCUT2D eigenvalue weighted by Gasteiger charge is -2.69. The Balaban J connectivity index is 1.61. The number of hydrogen-bond donors (Lipinski definition) is 3. The Morgan fingerprint density at radius 1 is 0.977 bits per heavy atom. The molecule has 4 aliphatic carbocycles. The number of carboxylic acid groups (broad SMARTS) is 1. The van der Waals surface area contributed by atoms with Crippen molar-refractivity contribution in [2.45, 2.75) is 110 Å². The number of benzene rings is 1. The van der Waals surface area contributed by atoms with Crippen LogP contribution in [0.5, 0.6) is 0 Å². The van der Waals surface area contributed by atoms with Gasteiger partial charge in [0.25, 0.3) is 0 Å². The van der Waals surface area contributed by atoms with Gasteiger partial charge in [0.2, 0.25) is 5.12 Å². The third-order valence-corrected chi connectivity index (χ3v) is 15.1. The molecule has 4 saturated carbocycles. The van der Waals surface area contributed by atoms with Gasteiger partial charge in [-0.25, -0.2) is 4.79 Å². The van der Waals surface area contributed by atoms with E-state index in [4.69, 9.17) is 0 Å². The van der Waals surface area contributed by atoms with Crippen molar-refractivity contribution in [3.63, 3.8) is 0 Å². The number of rotatable bonds is 6. The molecule has 1 aromatic rings. The van der Waals surface area contributed by atoms with Crippen molar-refractivity contribution in [2.75, 3.05) is 0 Å². The van der Waals surface area contributed by atoms with Gasteiger partial charge in [-0.1, -0.05) is 91.3 Å². The normalized spacial score (nSPS) is 41.5. The van der Waals surface area contributed by atoms with Crippen LogP contribution in [0.4, 0.5) is 0 Å². The van der Waals surface area contributed by atoms with E-state index in [0.29, 0.717) is 36.3 Å². The summed E-state index contributed by atoms with van der Waals surface area (Å²) < 4.78 is 1.01. The first-order chi connectivity index (χ1) is 20.2. The van der Waals surface area contributed by atoms with Crippen molar-refractivity contribution in [3.05, 3.63) is 57.1 Å². The number of carbonyl (C=O) groups excluding carboxylic acids is 1. The predicted octanol–water partition coefficient (Wildman–Crippen LogP) is 8.40. The van der Waals surface area contributed by atoms with Crippen LogP contribution < -0.4 is 0 Å². The second-order valence-electron chi connectivity index (χ2n) is 14.9. The third kappa shape index (κ3) is 5.42. The molecule has 0 spiro atoms. The highest BCUT2D eigenvalue weighted by atomic mass is 79.9. The van der Waals surface area contributed by atoms with Crippen LogP contribution in [0.15, 0.2) is 51.5 Å². The molecule has 0 bridgehead atoms. The summed E-state index contributed by atoms with van der Waals surface area (Å²) in [4.78, 5) is 26.7. The number of hydrogen-bond acceptors (Lipinski definition) is 5.